The molecule has 0 heteroatoms. The molecule has 1 aliphatic rings. The van der Waals surface area contributed by atoms with E-state index in [0.717, 1.165) is 0 Å². The molecule has 1 aliphatic carbocycles. The maximum Gasteiger partial charge on any atom is 0.0159 e. The molecule has 0 unspecified atom stereocenters. The van der Waals surface area contributed by atoms with Gasteiger partial charge in [0.2, 0.25) is 0 Å². The molecule has 0 amide bonds. The van der Waals surface area contributed by atoms with E-state index in [-0.39, 0.29) is 5.41 Å². The molecule has 0 nitrogen and oxygen atoms in total. The molecular weight excluding hydrogens is 420 g/mol. The fourth-order valence-electron chi connectivity index (χ4n) is 6.13. The second-order valence-corrected chi connectivity index (χ2v) is 10.2. The van der Waals surface area contributed by atoms with E-state index in [0.29, 0.717) is 0 Å². The van der Waals surface area contributed by atoms with Gasteiger partial charge < -0.3 is 0 Å². The first kappa shape index (κ1) is 20.2. The van der Waals surface area contributed by atoms with E-state index < -0.39 is 0 Å². The van der Waals surface area contributed by atoms with Gasteiger partial charge >= 0.3 is 0 Å². The van der Waals surface area contributed by atoms with Crippen LogP contribution >= 0.6 is 0 Å². The van der Waals surface area contributed by atoms with Crippen LogP contribution in [0.15, 0.2) is 121 Å². The van der Waals surface area contributed by atoms with Crippen LogP contribution in [-0.2, 0) is 5.41 Å². The highest BCUT2D eigenvalue weighted by molar-refractivity contribution is 6.16. The third kappa shape index (κ3) is 2.93. The molecule has 35 heavy (non-hydrogen) atoms. The highest BCUT2D eigenvalue weighted by Gasteiger charge is 2.35. The molecule has 0 saturated heterocycles. The van der Waals surface area contributed by atoms with Crippen molar-refractivity contribution < 1.29 is 0 Å². The van der Waals surface area contributed by atoms with Gasteiger partial charge in [0, 0.05) is 5.41 Å². The Morgan fingerprint density at radius 3 is 2.00 bits per heavy atom. The van der Waals surface area contributed by atoms with E-state index >= 15 is 0 Å². The smallest absolute Gasteiger partial charge is 0.0159 e. The summed E-state index contributed by atoms with van der Waals surface area (Å²) in [5.74, 6) is 0. The summed E-state index contributed by atoms with van der Waals surface area (Å²) in [5, 5.41) is 5.18. The minimum Gasteiger partial charge on any atom is -0.0622 e. The fraction of sp³-hybridized carbons (Fsp3) is 0.0857. The number of rotatable bonds is 2. The van der Waals surface area contributed by atoms with Gasteiger partial charge in [-0.3, -0.25) is 0 Å². The topological polar surface area (TPSA) is 0 Å². The van der Waals surface area contributed by atoms with E-state index in [1.54, 1.807) is 0 Å². The maximum atomic E-state index is 2.43. The first-order valence-corrected chi connectivity index (χ1v) is 12.4. The van der Waals surface area contributed by atoms with Crippen molar-refractivity contribution in [2.45, 2.75) is 19.3 Å². The van der Waals surface area contributed by atoms with Crippen LogP contribution in [0.2, 0.25) is 0 Å². The third-order valence-electron chi connectivity index (χ3n) is 7.86. The van der Waals surface area contributed by atoms with Crippen molar-refractivity contribution in [3.63, 3.8) is 0 Å². The molecule has 0 radical (unpaired) electrons. The molecule has 166 valence electrons. The zero-order valence-corrected chi connectivity index (χ0v) is 20.0. The third-order valence-corrected chi connectivity index (χ3v) is 7.86. The number of hydrogen-bond acceptors (Lipinski definition) is 0. The summed E-state index contributed by atoms with van der Waals surface area (Å²) in [6.45, 7) is 4.71. The Morgan fingerprint density at radius 1 is 0.429 bits per heavy atom. The van der Waals surface area contributed by atoms with Crippen LogP contribution in [-0.4, -0.2) is 0 Å². The summed E-state index contributed by atoms with van der Waals surface area (Å²) in [7, 11) is 0. The summed E-state index contributed by atoms with van der Waals surface area (Å²) < 4.78 is 0. The van der Waals surface area contributed by atoms with Gasteiger partial charge in [-0.1, -0.05) is 123 Å². The van der Waals surface area contributed by atoms with Gasteiger partial charge in [0.1, 0.15) is 0 Å². The van der Waals surface area contributed by atoms with Crippen LogP contribution in [0.5, 0.6) is 0 Å². The van der Waals surface area contributed by atoms with Gasteiger partial charge in [0.15, 0.2) is 0 Å². The van der Waals surface area contributed by atoms with Crippen molar-refractivity contribution in [3.05, 3.63) is 132 Å². The summed E-state index contributed by atoms with van der Waals surface area (Å²) >= 11 is 0. The molecule has 0 atom stereocenters. The van der Waals surface area contributed by atoms with Gasteiger partial charge in [-0.05, 0) is 78.2 Å². The monoisotopic (exact) mass is 446 g/mol. The number of fused-ring (bicyclic) bond motifs is 5. The van der Waals surface area contributed by atoms with Crippen molar-refractivity contribution >= 4 is 21.5 Å². The molecule has 0 aliphatic heterocycles. The molecule has 6 aromatic carbocycles. The Morgan fingerprint density at radius 2 is 1.11 bits per heavy atom. The first-order valence-electron chi connectivity index (χ1n) is 12.4. The second-order valence-electron chi connectivity index (χ2n) is 10.2. The first-order chi connectivity index (χ1) is 17.1. The Kier molecular flexibility index (Phi) is 4.29. The summed E-state index contributed by atoms with van der Waals surface area (Å²) in [5.41, 5.74) is 10.7. The molecule has 0 bridgehead atoms. The summed E-state index contributed by atoms with van der Waals surface area (Å²) in [6, 6.07) is 44.6. The zero-order chi connectivity index (χ0) is 23.6. The summed E-state index contributed by atoms with van der Waals surface area (Å²) in [4.78, 5) is 0. The largest absolute Gasteiger partial charge is 0.0622 e. The highest BCUT2D eigenvalue weighted by Crippen LogP contribution is 2.50. The van der Waals surface area contributed by atoms with Crippen LogP contribution < -0.4 is 0 Å². The van der Waals surface area contributed by atoms with Crippen molar-refractivity contribution in [2.24, 2.45) is 0 Å². The maximum absolute atomic E-state index is 2.43. The number of benzene rings is 6. The molecule has 0 N–H and O–H groups in total. The summed E-state index contributed by atoms with van der Waals surface area (Å²) in [6.07, 6.45) is 0. The Hall–Kier alpha value is -4.16. The van der Waals surface area contributed by atoms with E-state index in [4.69, 9.17) is 0 Å². The Bertz CT molecular complexity index is 1750. The lowest BCUT2D eigenvalue weighted by Crippen LogP contribution is -2.14. The lowest BCUT2D eigenvalue weighted by atomic mass is 9.81. The van der Waals surface area contributed by atoms with Crippen LogP contribution in [0.1, 0.15) is 25.0 Å². The SMILES string of the molecule is CC1(C)c2ccccc2-c2ccc(-c3cccc4c(-c5ccccc5)c5ccccc5cc34)cc21. The molecular formula is C35H26. The minimum atomic E-state index is -0.00554. The van der Waals surface area contributed by atoms with Crippen LogP contribution in [0.25, 0.3) is 54.9 Å². The molecule has 0 saturated carbocycles. The zero-order valence-electron chi connectivity index (χ0n) is 20.0. The van der Waals surface area contributed by atoms with E-state index in [1.165, 1.54) is 66.1 Å². The molecule has 6 aromatic rings. The molecule has 0 spiro atoms. The van der Waals surface area contributed by atoms with Crippen molar-refractivity contribution in [3.8, 4) is 33.4 Å². The van der Waals surface area contributed by atoms with E-state index in [9.17, 15) is 0 Å². The van der Waals surface area contributed by atoms with Gasteiger partial charge in [-0.15, -0.1) is 0 Å². The Balaban J connectivity index is 1.52. The lowest BCUT2D eigenvalue weighted by molar-refractivity contribution is 0.660. The standard InChI is InChI=1S/C35H26/c1-35(2)32-18-9-8-15-28(32)29-20-19-25(22-33(29)35)26-16-10-17-30-31(26)21-24-13-6-7-14-27(24)34(30)23-11-4-3-5-12-23/h3-22H,1-2H3. The Labute approximate surface area is 206 Å². The second kappa shape index (κ2) is 7.42. The number of hydrogen-bond donors (Lipinski definition) is 0. The van der Waals surface area contributed by atoms with Gasteiger partial charge in [0.05, 0.1) is 0 Å². The average Bonchev–Trinajstić information content (AvgIpc) is 3.14. The fourth-order valence-corrected chi connectivity index (χ4v) is 6.13. The van der Waals surface area contributed by atoms with Crippen molar-refractivity contribution in [1.29, 1.82) is 0 Å². The van der Waals surface area contributed by atoms with Crippen LogP contribution in [0, 0.1) is 0 Å². The van der Waals surface area contributed by atoms with Gasteiger partial charge in [-0.2, -0.15) is 0 Å². The average molecular weight is 447 g/mol. The van der Waals surface area contributed by atoms with Crippen LogP contribution in [0.4, 0.5) is 0 Å². The van der Waals surface area contributed by atoms with Crippen molar-refractivity contribution in [2.75, 3.05) is 0 Å². The van der Waals surface area contributed by atoms with Crippen LogP contribution in [0.3, 0.4) is 0 Å². The van der Waals surface area contributed by atoms with E-state index in [2.05, 4.69) is 135 Å². The lowest BCUT2D eigenvalue weighted by Gasteiger charge is -2.22. The van der Waals surface area contributed by atoms with Gasteiger partial charge in [0.25, 0.3) is 0 Å². The van der Waals surface area contributed by atoms with Crippen molar-refractivity contribution in [1.82, 2.24) is 0 Å². The predicted octanol–water partition coefficient (Wildman–Crippen LogP) is 9.63. The normalized spacial score (nSPS) is 13.7. The molecule has 0 fully saturated rings. The predicted molar refractivity (Wildman–Crippen MR) is 150 cm³/mol. The van der Waals surface area contributed by atoms with Gasteiger partial charge in [-0.25, -0.2) is 0 Å². The quantitative estimate of drug-likeness (QED) is 0.232. The molecule has 0 heterocycles. The minimum absolute atomic E-state index is 0.00554. The molecule has 0 aromatic heterocycles. The highest BCUT2D eigenvalue weighted by atomic mass is 14.4. The molecule has 7 rings (SSSR count). The van der Waals surface area contributed by atoms with E-state index in [1.807, 2.05) is 0 Å².